The zero-order chi connectivity index (χ0) is 13.8. The Morgan fingerprint density at radius 1 is 1.39 bits per heavy atom. The number of benzene rings is 1. The summed E-state index contributed by atoms with van der Waals surface area (Å²) in [5.74, 6) is 1.03. The minimum absolute atomic E-state index is 0.128. The van der Waals surface area contributed by atoms with Gasteiger partial charge in [0.05, 0.1) is 7.11 Å². The first-order valence-electron chi connectivity index (χ1n) is 5.91. The molecule has 0 aliphatic rings. The molecule has 102 valence electrons. The molecule has 0 saturated carbocycles. The maximum atomic E-state index is 11.0. The van der Waals surface area contributed by atoms with E-state index in [0.29, 0.717) is 12.8 Å². The summed E-state index contributed by atoms with van der Waals surface area (Å²) in [6.45, 7) is 1.96. The summed E-state index contributed by atoms with van der Waals surface area (Å²) in [6.07, 6.45) is 2.50. The molecule has 0 amide bonds. The zero-order valence-electron chi connectivity index (χ0n) is 11.1. The molecular weight excluding hydrogens is 250 g/mol. The van der Waals surface area contributed by atoms with E-state index < -0.39 is 9.84 Å². The van der Waals surface area contributed by atoms with Gasteiger partial charge < -0.3 is 10.5 Å². The average molecular weight is 271 g/mol. The fraction of sp³-hybridized carbons (Fsp3) is 0.538. The van der Waals surface area contributed by atoms with Crippen LogP contribution < -0.4 is 10.5 Å². The molecule has 0 aliphatic heterocycles. The number of ether oxygens (including phenoxy) is 1. The predicted octanol–water partition coefficient (Wildman–Crippen LogP) is 1.83. The van der Waals surface area contributed by atoms with Crippen molar-refractivity contribution in [3.8, 4) is 5.75 Å². The predicted molar refractivity (Wildman–Crippen MR) is 73.6 cm³/mol. The number of hydrogen-bond acceptors (Lipinski definition) is 4. The summed E-state index contributed by atoms with van der Waals surface area (Å²) in [5, 5.41) is 0. The Labute approximate surface area is 109 Å². The molecule has 0 heterocycles. The number of methoxy groups -OCH3 is 1. The lowest BCUT2D eigenvalue weighted by Crippen LogP contribution is -2.13. The topological polar surface area (TPSA) is 69.4 Å². The minimum atomic E-state index is -2.90. The summed E-state index contributed by atoms with van der Waals surface area (Å²) >= 11 is 0. The summed E-state index contributed by atoms with van der Waals surface area (Å²) in [6, 6.07) is 5.68. The smallest absolute Gasteiger partial charge is 0.147 e. The Balaban J connectivity index is 2.62. The second kappa shape index (κ2) is 6.20. The molecule has 5 heteroatoms. The van der Waals surface area contributed by atoms with Gasteiger partial charge in [0.25, 0.3) is 0 Å². The van der Waals surface area contributed by atoms with Crippen LogP contribution in [0, 0.1) is 6.92 Å². The van der Waals surface area contributed by atoms with Crippen LogP contribution in [0.15, 0.2) is 18.2 Å². The van der Waals surface area contributed by atoms with Crippen LogP contribution in [0.3, 0.4) is 0 Å². The summed E-state index contributed by atoms with van der Waals surface area (Å²) in [4.78, 5) is 0. The highest BCUT2D eigenvalue weighted by atomic mass is 32.2. The highest BCUT2D eigenvalue weighted by molar-refractivity contribution is 7.90. The molecule has 1 atom stereocenters. The van der Waals surface area contributed by atoms with E-state index in [-0.39, 0.29) is 11.8 Å². The molecule has 0 spiro atoms. The van der Waals surface area contributed by atoms with Gasteiger partial charge in [0.2, 0.25) is 0 Å². The van der Waals surface area contributed by atoms with Crippen LogP contribution in [-0.4, -0.2) is 27.5 Å². The first kappa shape index (κ1) is 15.0. The van der Waals surface area contributed by atoms with Crippen LogP contribution in [0.1, 0.15) is 30.0 Å². The molecule has 1 aromatic rings. The highest BCUT2D eigenvalue weighted by Gasteiger charge is 2.10. The zero-order valence-corrected chi connectivity index (χ0v) is 12.0. The van der Waals surface area contributed by atoms with Crippen molar-refractivity contribution in [2.45, 2.75) is 25.8 Å². The Morgan fingerprint density at radius 3 is 2.56 bits per heavy atom. The number of sulfone groups is 1. The first-order chi connectivity index (χ1) is 8.33. The third-order valence-corrected chi connectivity index (χ3v) is 3.91. The van der Waals surface area contributed by atoms with Crippen molar-refractivity contribution in [3.05, 3.63) is 29.3 Å². The Hall–Kier alpha value is -1.07. The van der Waals surface area contributed by atoms with Gasteiger partial charge in [-0.1, -0.05) is 12.1 Å². The van der Waals surface area contributed by atoms with Crippen molar-refractivity contribution in [2.75, 3.05) is 19.1 Å². The molecule has 18 heavy (non-hydrogen) atoms. The van der Waals surface area contributed by atoms with Crippen molar-refractivity contribution in [1.82, 2.24) is 0 Å². The van der Waals surface area contributed by atoms with Crippen LogP contribution in [0.2, 0.25) is 0 Å². The molecule has 1 aromatic carbocycles. The number of hydrogen-bond donors (Lipinski definition) is 1. The van der Waals surface area contributed by atoms with Gasteiger partial charge in [-0.15, -0.1) is 0 Å². The molecule has 0 fully saturated rings. The second-order valence-electron chi connectivity index (χ2n) is 4.61. The van der Waals surface area contributed by atoms with Crippen molar-refractivity contribution in [2.24, 2.45) is 5.73 Å². The van der Waals surface area contributed by atoms with Crippen LogP contribution in [-0.2, 0) is 9.84 Å². The second-order valence-corrected chi connectivity index (χ2v) is 6.87. The van der Waals surface area contributed by atoms with Crippen molar-refractivity contribution in [1.29, 1.82) is 0 Å². The molecule has 1 unspecified atom stereocenters. The first-order valence-corrected chi connectivity index (χ1v) is 7.97. The van der Waals surface area contributed by atoms with E-state index in [1.54, 1.807) is 7.11 Å². The van der Waals surface area contributed by atoms with E-state index in [2.05, 4.69) is 0 Å². The monoisotopic (exact) mass is 271 g/mol. The van der Waals surface area contributed by atoms with Crippen molar-refractivity contribution >= 4 is 9.84 Å². The Kier molecular flexibility index (Phi) is 5.16. The van der Waals surface area contributed by atoms with E-state index in [0.717, 1.165) is 16.9 Å². The van der Waals surface area contributed by atoms with E-state index >= 15 is 0 Å². The van der Waals surface area contributed by atoms with Crippen LogP contribution >= 0.6 is 0 Å². The van der Waals surface area contributed by atoms with E-state index in [9.17, 15) is 8.42 Å². The molecule has 1 rings (SSSR count). The fourth-order valence-electron chi connectivity index (χ4n) is 1.86. The van der Waals surface area contributed by atoms with Gasteiger partial charge in [0.1, 0.15) is 15.6 Å². The van der Waals surface area contributed by atoms with Gasteiger partial charge in [-0.3, -0.25) is 0 Å². The van der Waals surface area contributed by atoms with Gasteiger partial charge in [-0.05, 0) is 37.0 Å². The lowest BCUT2D eigenvalue weighted by molar-refractivity contribution is 0.411. The van der Waals surface area contributed by atoms with Gasteiger partial charge in [0, 0.05) is 18.1 Å². The largest absolute Gasteiger partial charge is 0.496 e. The fourth-order valence-corrected chi connectivity index (χ4v) is 2.56. The van der Waals surface area contributed by atoms with Crippen LogP contribution in [0.5, 0.6) is 5.75 Å². The number of aryl methyl sites for hydroxylation is 1. The van der Waals surface area contributed by atoms with Crippen molar-refractivity contribution < 1.29 is 13.2 Å². The summed E-state index contributed by atoms with van der Waals surface area (Å²) in [5.41, 5.74) is 8.10. The van der Waals surface area contributed by atoms with Crippen LogP contribution in [0.25, 0.3) is 0 Å². The highest BCUT2D eigenvalue weighted by Crippen LogP contribution is 2.23. The molecule has 0 bridgehead atoms. The van der Waals surface area contributed by atoms with Gasteiger partial charge >= 0.3 is 0 Å². The third kappa shape index (κ3) is 4.66. The minimum Gasteiger partial charge on any atom is -0.496 e. The molecule has 0 aromatic heterocycles. The normalized spacial score (nSPS) is 13.3. The van der Waals surface area contributed by atoms with E-state index in [4.69, 9.17) is 10.5 Å². The number of nitrogens with two attached hydrogens (primary N) is 1. The maximum absolute atomic E-state index is 11.0. The maximum Gasteiger partial charge on any atom is 0.147 e. The van der Waals surface area contributed by atoms with Crippen molar-refractivity contribution in [3.63, 3.8) is 0 Å². The summed E-state index contributed by atoms with van der Waals surface area (Å²) < 4.78 is 27.2. The molecule has 2 N–H and O–H groups in total. The van der Waals surface area contributed by atoms with E-state index in [1.165, 1.54) is 6.26 Å². The standard InChI is InChI=1S/C13H21NO3S/c1-10-9-11(6-7-13(10)17-2)12(14)5-4-8-18(3,15)16/h6-7,9,12H,4-5,8,14H2,1-3H3. The third-order valence-electron chi connectivity index (χ3n) is 2.88. The molecule has 4 nitrogen and oxygen atoms in total. The summed E-state index contributed by atoms with van der Waals surface area (Å²) in [7, 11) is -1.26. The van der Waals surface area contributed by atoms with Gasteiger partial charge in [-0.2, -0.15) is 0 Å². The molecular formula is C13H21NO3S. The molecule has 0 saturated heterocycles. The lowest BCUT2D eigenvalue weighted by atomic mass is 10.0. The SMILES string of the molecule is COc1ccc(C(N)CCCS(C)(=O)=O)cc1C. The Morgan fingerprint density at radius 2 is 2.06 bits per heavy atom. The number of rotatable bonds is 6. The quantitative estimate of drug-likeness (QED) is 0.857. The molecule has 0 radical (unpaired) electrons. The van der Waals surface area contributed by atoms with Crippen LogP contribution in [0.4, 0.5) is 0 Å². The lowest BCUT2D eigenvalue weighted by Gasteiger charge is -2.14. The average Bonchev–Trinajstić information content (AvgIpc) is 2.27. The van der Waals surface area contributed by atoms with Gasteiger partial charge in [-0.25, -0.2) is 8.42 Å². The van der Waals surface area contributed by atoms with E-state index in [1.807, 2.05) is 25.1 Å². The Bertz CT molecular complexity index is 497. The van der Waals surface area contributed by atoms with Gasteiger partial charge in [0.15, 0.2) is 0 Å². The molecule has 0 aliphatic carbocycles.